The second-order valence-corrected chi connectivity index (χ2v) is 4.19. The number of Topliss-reactive ketones (excluding diaryl/α,β-unsaturated/α-hetero) is 1. The lowest BCUT2D eigenvalue weighted by atomic mass is 10.1. The van der Waals surface area contributed by atoms with Gasteiger partial charge in [-0.25, -0.2) is 0 Å². The van der Waals surface area contributed by atoms with Gasteiger partial charge in [0.2, 0.25) is 0 Å². The van der Waals surface area contributed by atoms with Crippen molar-refractivity contribution >= 4 is 28.7 Å². The van der Waals surface area contributed by atoms with E-state index in [4.69, 9.17) is 12.2 Å². The molecule has 0 aliphatic rings. The van der Waals surface area contributed by atoms with Gasteiger partial charge in [-0.1, -0.05) is 30.4 Å². The van der Waals surface area contributed by atoms with Gasteiger partial charge >= 0.3 is 0 Å². The van der Waals surface area contributed by atoms with Crippen molar-refractivity contribution in [2.45, 2.75) is 27.2 Å². The molecule has 1 rings (SSSR count). The maximum atomic E-state index is 10.9. The molecule has 0 radical (unpaired) electrons. The van der Waals surface area contributed by atoms with E-state index < -0.39 is 0 Å². The molecule has 15 heavy (non-hydrogen) atoms. The lowest BCUT2D eigenvalue weighted by molar-refractivity contribution is -0.115. The van der Waals surface area contributed by atoms with Gasteiger partial charge in [0, 0.05) is 5.69 Å². The number of hydrogen-bond acceptors (Lipinski definition) is 2. The van der Waals surface area contributed by atoms with E-state index in [-0.39, 0.29) is 5.78 Å². The summed E-state index contributed by atoms with van der Waals surface area (Å²) in [5, 5.41) is 3.12. The Labute approximate surface area is 95.7 Å². The second-order valence-electron chi connectivity index (χ2n) is 3.69. The summed E-state index contributed by atoms with van der Waals surface area (Å²) in [6.45, 7) is 5.58. The molecule has 2 nitrogen and oxygen atoms in total. The maximum absolute atomic E-state index is 10.9. The number of aryl methyl sites for hydroxylation is 2. The quantitative estimate of drug-likeness (QED) is 0.795. The van der Waals surface area contributed by atoms with Crippen molar-refractivity contribution in [3.8, 4) is 0 Å². The van der Waals surface area contributed by atoms with E-state index in [1.807, 2.05) is 32.0 Å². The van der Waals surface area contributed by atoms with Crippen molar-refractivity contribution in [1.82, 2.24) is 0 Å². The van der Waals surface area contributed by atoms with E-state index in [9.17, 15) is 4.79 Å². The molecule has 3 heteroatoms. The van der Waals surface area contributed by atoms with Gasteiger partial charge in [0.25, 0.3) is 0 Å². The zero-order valence-corrected chi connectivity index (χ0v) is 10.1. The number of thiocarbonyl (C=S) groups is 1. The predicted molar refractivity (Wildman–Crippen MR) is 67.4 cm³/mol. The number of para-hydroxylation sites is 1. The molecular weight excluding hydrogens is 206 g/mol. The third-order valence-corrected chi connectivity index (χ3v) is 2.40. The van der Waals surface area contributed by atoms with Crippen LogP contribution in [0.5, 0.6) is 0 Å². The van der Waals surface area contributed by atoms with Crippen molar-refractivity contribution in [3.63, 3.8) is 0 Å². The van der Waals surface area contributed by atoms with Crippen LogP contribution in [-0.2, 0) is 4.79 Å². The van der Waals surface area contributed by atoms with Crippen LogP contribution in [0.4, 0.5) is 5.69 Å². The lowest BCUT2D eigenvalue weighted by Gasteiger charge is -2.12. The summed E-state index contributed by atoms with van der Waals surface area (Å²) in [6.07, 6.45) is 0.309. The van der Waals surface area contributed by atoms with Crippen LogP contribution in [0.25, 0.3) is 0 Å². The van der Waals surface area contributed by atoms with Gasteiger partial charge in [0.1, 0.15) is 5.78 Å². The average Bonchev–Trinajstić information content (AvgIpc) is 2.10. The summed E-state index contributed by atoms with van der Waals surface area (Å²) in [5.74, 6) is 0.0822. The fourth-order valence-corrected chi connectivity index (χ4v) is 1.73. The summed E-state index contributed by atoms with van der Waals surface area (Å²) < 4.78 is 0. The van der Waals surface area contributed by atoms with Gasteiger partial charge in [0.05, 0.1) is 11.4 Å². The van der Waals surface area contributed by atoms with E-state index in [1.54, 1.807) is 6.92 Å². The Balaban J connectivity index is 2.80. The zero-order chi connectivity index (χ0) is 11.4. The molecule has 0 aromatic heterocycles. The van der Waals surface area contributed by atoms with Crippen LogP contribution < -0.4 is 5.32 Å². The van der Waals surface area contributed by atoms with E-state index in [0.29, 0.717) is 11.4 Å². The zero-order valence-electron chi connectivity index (χ0n) is 9.26. The Morgan fingerprint density at radius 2 is 1.87 bits per heavy atom. The van der Waals surface area contributed by atoms with Gasteiger partial charge in [-0.15, -0.1) is 0 Å². The number of benzene rings is 1. The highest BCUT2D eigenvalue weighted by Gasteiger charge is 2.05. The molecule has 1 aromatic rings. The van der Waals surface area contributed by atoms with Crippen LogP contribution in [-0.4, -0.2) is 10.8 Å². The third-order valence-electron chi connectivity index (χ3n) is 2.16. The van der Waals surface area contributed by atoms with Crippen LogP contribution in [0.15, 0.2) is 18.2 Å². The van der Waals surface area contributed by atoms with E-state index in [0.717, 1.165) is 16.8 Å². The Morgan fingerprint density at radius 1 is 1.33 bits per heavy atom. The molecule has 0 amide bonds. The summed E-state index contributed by atoms with van der Waals surface area (Å²) in [7, 11) is 0. The van der Waals surface area contributed by atoms with Gasteiger partial charge in [-0.05, 0) is 31.9 Å². The summed E-state index contributed by atoms with van der Waals surface area (Å²) in [4.78, 5) is 11.5. The Morgan fingerprint density at radius 3 is 2.33 bits per heavy atom. The van der Waals surface area contributed by atoms with Gasteiger partial charge in [-0.2, -0.15) is 0 Å². The van der Waals surface area contributed by atoms with E-state index in [2.05, 4.69) is 5.32 Å². The second kappa shape index (κ2) is 5.03. The topological polar surface area (TPSA) is 29.1 Å². The molecule has 1 N–H and O–H groups in total. The van der Waals surface area contributed by atoms with Crippen LogP contribution in [0, 0.1) is 13.8 Å². The third kappa shape index (κ3) is 3.44. The van der Waals surface area contributed by atoms with E-state index >= 15 is 0 Å². The number of carbonyl (C=O) groups is 1. The van der Waals surface area contributed by atoms with Crippen molar-refractivity contribution in [3.05, 3.63) is 29.3 Å². The fourth-order valence-electron chi connectivity index (χ4n) is 1.42. The Kier molecular flexibility index (Phi) is 3.97. The molecule has 0 aliphatic carbocycles. The minimum Gasteiger partial charge on any atom is -0.349 e. The highest BCUT2D eigenvalue weighted by molar-refractivity contribution is 7.80. The number of anilines is 1. The molecule has 0 unspecified atom stereocenters. The first-order valence-electron chi connectivity index (χ1n) is 4.86. The highest BCUT2D eigenvalue weighted by atomic mass is 32.1. The van der Waals surface area contributed by atoms with Crippen LogP contribution in [0.1, 0.15) is 24.5 Å². The summed E-state index contributed by atoms with van der Waals surface area (Å²) in [6, 6.07) is 6.04. The normalized spacial score (nSPS) is 9.80. The van der Waals surface area contributed by atoms with E-state index in [1.165, 1.54) is 0 Å². The molecule has 0 saturated carbocycles. The molecule has 80 valence electrons. The molecule has 0 bridgehead atoms. The van der Waals surface area contributed by atoms with Crippen molar-refractivity contribution in [2.24, 2.45) is 0 Å². The van der Waals surface area contributed by atoms with Crippen molar-refractivity contribution in [1.29, 1.82) is 0 Å². The Bertz CT molecular complexity index is 378. The molecule has 0 saturated heterocycles. The first-order chi connectivity index (χ1) is 7.00. The molecule has 0 spiro atoms. The predicted octanol–water partition coefficient (Wildman–Crippen LogP) is 3.02. The smallest absolute Gasteiger partial charge is 0.136 e. The first kappa shape index (κ1) is 11.9. The fraction of sp³-hybridized carbons (Fsp3) is 0.333. The van der Waals surface area contributed by atoms with Gasteiger partial charge in [0.15, 0.2) is 0 Å². The Hall–Kier alpha value is -1.22. The van der Waals surface area contributed by atoms with Crippen molar-refractivity contribution in [2.75, 3.05) is 5.32 Å². The maximum Gasteiger partial charge on any atom is 0.136 e. The standard InChI is InChI=1S/C12H15NOS/c1-8-5-4-6-9(2)12(8)13-11(15)7-10(3)14/h4-6H,7H2,1-3H3,(H,13,15). The van der Waals surface area contributed by atoms with Crippen LogP contribution in [0.3, 0.4) is 0 Å². The number of nitrogens with one attached hydrogen (secondary N) is 1. The summed E-state index contributed by atoms with van der Waals surface area (Å²) >= 11 is 5.10. The van der Waals surface area contributed by atoms with Gasteiger partial charge < -0.3 is 5.32 Å². The minimum absolute atomic E-state index is 0.0822. The molecule has 1 aromatic carbocycles. The molecular formula is C12H15NOS. The number of ketones is 1. The highest BCUT2D eigenvalue weighted by Crippen LogP contribution is 2.19. The lowest BCUT2D eigenvalue weighted by Crippen LogP contribution is -2.14. The van der Waals surface area contributed by atoms with Crippen LogP contribution in [0.2, 0.25) is 0 Å². The minimum atomic E-state index is 0.0822. The molecule has 0 fully saturated rings. The molecule has 0 aliphatic heterocycles. The van der Waals surface area contributed by atoms with Crippen LogP contribution >= 0.6 is 12.2 Å². The largest absolute Gasteiger partial charge is 0.349 e. The molecule has 0 atom stereocenters. The summed E-state index contributed by atoms with van der Waals surface area (Å²) in [5.41, 5.74) is 3.30. The number of hydrogen-bond donors (Lipinski definition) is 1. The monoisotopic (exact) mass is 221 g/mol. The average molecular weight is 221 g/mol. The SMILES string of the molecule is CC(=O)CC(=S)Nc1c(C)cccc1C. The van der Waals surface area contributed by atoms with Gasteiger partial charge in [-0.3, -0.25) is 4.79 Å². The first-order valence-corrected chi connectivity index (χ1v) is 5.27. The number of carbonyl (C=O) groups excluding carboxylic acids is 1. The van der Waals surface area contributed by atoms with Crippen molar-refractivity contribution < 1.29 is 4.79 Å². The number of rotatable bonds is 3. The molecule has 0 heterocycles.